The zero-order chi connectivity index (χ0) is 21.5. The number of methoxy groups -OCH3 is 1. The number of thiophene rings is 1. The first-order valence-corrected chi connectivity index (χ1v) is 11.4. The Morgan fingerprint density at radius 2 is 2.03 bits per heavy atom. The van der Waals surface area contributed by atoms with Crippen molar-refractivity contribution >= 4 is 38.9 Å². The van der Waals surface area contributed by atoms with E-state index >= 15 is 0 Å². The minimum absolute atomic E-state index is 0.0677. The Morgan fingerprint density at radius 1 is 1.19 bits per heavy atom. The molecule has 8 heteroatoms. The fourth-order valence-electron chi connectivity index (χ4n) is 3.97. The number of hydrazone groups is 1. The van der Waals surface area contributed by atoms with Gasteiger partial charge in [-0.25, -0.2) is 5.01 Å². The van der Waals surface area contributed by atoms with Crippen molar-refractivity contribution in [1.82, 2.24) is 5.01 Å². The number of fused-ring (bicyclic) bond motifs is 3. The molecule has 3 aromatic rings. The number of benzene rings is 2. The summed E-state index contributed by atoms with van der Waals surface area (Å²) in [6, 6.07) is 15.8. The van der Waals surface area contributed by atoms with Gasteiger partial charge in [0.25, 0.3) is 0 Å². The second kappa shape index (κ2) is 8.01. The summed E-state index contributed by atoms with van der Waals surface area (Å²) in [6.45, 7) is 1.36. The smallest absolute Gasteiger partial charge is 0.308 e. The summed E-state index contributed by atoms with van der Waals surface area (Å²) in [6.07, 6.45) is 0.338. The number of rotatable bonds is 4. The number of carbonyl (C=O) groups excluding carboxylic acids is 1. The summed E-state index contributed by atoms with van der Waals surface area (Å²) < 4.78 is 18.0. The Labute approximate surface area is 192 Å². The van der Waals surface area contributed by atoms with E-state index in [1.54, 1.807) is 24.5 Å². The molecule has 3 heterocycles. The van der Waals surface area contributed by atoms with Crippen LogP contribution in [0.25, 0.3) is 0 Å². The second-order valence-corrected chi connectivity index (χ2v) is 9.05. The average Bonchev–Trinajstić information content (AvgIpc) is 3.43. The number of ether oxygens (including phenoxy) is 3. The number of hydrogen-bond acceptors (Lipinski definition) is 7. The van der Waals surface area contributed by atoms with Gasteiger partial charge in [-0.2, -0.15) is 5.10 Å². The monoisotopic (exact) mass is 498 g/mol. The summed E-state index contributed by atoms with van der Waals surface area (Å²) in [5, 5.41) is 9.04. The van der Waals surface area contributed by atoms with Crippen LogP contribution in [0.15, 0.2) is 63.5 Å². The molecule has 0 saturated carbocycles. The van der Waals surface area contributed by atoms with Gasteiger partial charge in [-0.3, -0.25) is 4.79 Å². The van der Waals surface area contributed by atoms with Gasteiger partial charge in [0.15, 0.2) is 11.5 Å². The number of hydrogen-bond donors (Lipinski definition) is 0. The number of nitrogens with zero attached hydrogens (tertiary/aromatic N) is 2. The average molecular weight is 499 g/mol. The normalized spacial score (nSPS) is 19.2. The number of esters is 1. The van der Waals surface area contributed by atoms with Crippen molar-refractivity contribution < 1.29 is 19.0 Å². The van der Waals surface area contributed by atoms with Gasteiger partial charge in [0.1, 0.15) is 5.75 Å². The van der Waals surface area contributed by atoms with E-state index in [0.29, 0.717) is 11.5 Å². The molecule has 1 aromatic heterocycles. The molecule has 0 spiro atoms. The summed E-state index contributed by atoms with van der Waals surface area (Å²) in [5.74, 6) is 1.23. The van der Waals surface area contributed by atoms with Crippen molar-refractivity contribution in [3.8, 4) is 17.2 Å². The Balaban J connectivity index is 1.60. The molecule has 0 amide bonds. The highest BCUT2D eigenvalue weighted by Crippen LogP contribution is 2.49. The number of halogens is 1. The van der Waals surface area contributed by atoms with Gasteiger partial charge in [0.05, 0.1) is 23.7 Å². The molecular formula is C23H19BrN2O4S. The molecule has 2 aliphatic heterocycles. The molecule has 0 N–H and O–H groups in total. The minimum atomic E-state index is -0.466. The standard InChI is InChI=1S/C23H19BrN2O4S/c1-13(27)29-21-11-16(24)15(10-20(21)28-2)23-26-18(14-6-3-4-7-19(14)30-23)12-17(25-26)22-8-5-9-31-22/h3-11,18,23H,12H2,1-2H3. The van der Waals surface area contributed by atoms with Crippen LogP contribution < -0.4 is 14.2 Å². The maximum absolute atomic E-state index is 11.5. The molecule has 31 heavy (non-hydrogen) atoms. The van der Waals surface area contributed by atoms with Crippen LogP contribution in [0.1, 0.15) is 41.6 Å². The molecule has 0 fully saturated rings. The molecule has 158 valence electrons. The molecule has 2 unspecified atom stereocenters. The molecule has 6 nitrogen and oxygen atoms in total. The lowest BCUT2D eigenvalue weighted by molar-refractivity contribution is -0.132. The number of carbonyl (C=O) groups is 1. The number of para-hydroxylation sites is 1. The highest BCUT2D eigenvalue weighted by Gasteiger charge is 2.42. The second-order valence-electron chi connectivity index (χ2n) is 7.25. The maximum atomic E-state index is 11.5. The molecule has 2 atom stereocenters. The molecule has 0 radical (unpaired) electrons. The molecule has 2 aromatic carbocycles. The van der Waals surface area contributed by atoms with Crippen LogP contribution in [0.5, 0.6) is 17.2 Å². The zero-order valence-electron chi connectivity index (χ0n) is 16.9. The van der Waals surface area contributed by atoms with Gasteiger partial charge in [-0.1, -0.05) is 40.2 Å². The molecule has 0 saturated heterocycles. The van der Waals surface area contributed by atoms with E-state index in [0.717, 1.165) is 38.4 Å². The van der Waals surface area contributed by atoms with Crippen LogP contribution in [0.2, 0.25) is 0 Å². The summed E-state index contributed by atoms with van der Waals surface area (Å²) in [4.78, 5) is 12.6. The summed E-state index contributed by atoms with van der Waals surface area (Å²) in [7, 11) is 1.54. The van der Waals surface area contributed by atoms with E-state index in [4.69, 9.17) is 19.3 Å². The van der Waals surface area contributed by atoms with Crippen LogP contribution in [0.4, 0.5) is 0 Å². The van der Waals surface area contributed by atoms with Crippen LogP contribution in [0.3, 0.4) is 0 Å². The Hall–Kier alpha value is -2.84. The van der Waals surface area contributed by atoms with Gasteiger partial charge in [-0.15, -0.1) is 11.3 Å². The fourth-order valence-corrected chi connectivity index (χ4v) is 5.20. The Bertz CT molecular complexity index is 1180. The van der Waals surface area contributed by atoms with Crippen LogP contribution in [-0.2, 0) is 4.79 Å². The lowest BCUT2D eigenvalue weighted by Gasteiger charge is -2.38. The lowest BCUT2D eigenvalue weighted by atomic mass is 9.97. The van der Waals surface area contributed by atoms with Crippen molar-refractivity contribution in [2.24, 2.45) is 5.10 Å². The third-order valence-corrected chi connectivity index (χ3v) is 6.91. The van der Waals surface area contributed by atoms with Crippen molar-refractivity contribution in [2.75, 3.05) is 7.11 Å². The first kappa shape index (κ1) is 20.1. The topological polar surface area (TPSA) is 60.4 Å². The first-order chi connectivity index (χ1) is 15.0. The van der Waals surface area contributed by atoms with Crippen LogP contribution >= 0.6 is 27.3 Å². The van der Waals surface area contributed by atoms with Crippen molar-refractivity contribution in [2.45, 2.75) is 25.6 Å². The molecule has 5 rings (SSSR count). The zero-order valence-corrected chi connectivity index (χ0v) is 19.3. The SMILES string of the molecule is COc1cc(C2Oc3ccccc3C3CC(c4cccs4)=NN32)c(Br)cc1OC(C)=O. The van der Waals surface area contributed by atoms with Crippen LogP contribution in [-0.4, -0.2) is 23.8 Å². The van der Waals surface area contributed by atoms with E-state index < -0.39 is 12.2 Å². The predicted octanol–water partition coefficient (Wildman–Crippen LogP) is 5.69. The molecule has 0 bridgehead atoms. The van der Waals surface area contributed by atoms with E-state index in [1.807, 2.05) is 35.3 Å². The van der Waals surface area contributed by atoms with Crippen molar-refractivity contribution in [3.63, 3.8) is 0 Å². The highest BCUT2D eigenvalue weighted by molar-refractivity contribution is 9.10. The Kier molecular flexibility index (Phi) is 5.19. The van der Waals surface area contributed by atoms with E-state index in [1.165, 1.54) is 6.92 Å². The van der Waals surface area contributed by atoms with E-state index in [9.17, 15) is 4.79 Å². The van der Waals surface area contributed by atoms with Crippen molar-refractivity contribution in [1.29, 1.82) is 0 Å². The predicted molar refractivity (Wildman–Crippen MR) is 122 cm³/mol. The maximum Gasteiger partial charge on any atom is 0.308 e. The Morgan fingerprint density at radius 3 is 2.77 bits per heavy atom. The largest absolute Gasteiger partial charge is 0.493 e. The van der Waals surface area contributed by atoms with Gasteiger partial charge in [-0.05, 0) is 29.6 Å². The van der Waals surface area contributed by atoms with Gasteiger partial charge >= 0.3 is 5.97 Å². The fraction of sp³-hybridized carbons (Fsp3) is 0.217. The van der Waals surface area contributed by atoms with Gasteiger partial charge in [0.2, 0.25) is 6.23 Å². The lowest BCUT2D eigenvalue weighted by Crippen LogP contribution is -2.34. The van der Waals surface area contributed by atoms with Gasteiger partial charge in [0, 0.05) is 28.9 Å². The quantitative estimate of drug-likeness (QED) is 0.341. The minimum Gasteiger partial charge on any atom is -0.493 e. The third-order valence-electron chi connectivity index (χ3n) is 5.31. The van der Waals surface area contributed by atoms with E-state index in [2.05, 4.69) is 33.4 Å². The molecule has 0 aliphatic carbocycles. The third kappa shape index (κ3) is 3.59. The molecular weight excluding hydrogens is 480 g/mol. The highest BCUT2D eigenvalue weighted by atomic mass is 79.9. The summed E-state index contributed by atoms with van der Waals surface area (Å²) >= 11 is 5.31. The summed E-state index contributed by atoms with van der Waals surface area (Å²) in [5.41, 5.74) is 3.00. The first-order valence-electron chi connectivity index (χ1n) is 9.76. The van der Waals surface area contributed by atoms with Crippen LogP contribution in [0, 0.1) is 0 Å². The van der Waals surface area contributed by atoms with Crippen molar-refractivity contribution in [3.05, 3.63) is 74.4 Å². The van der Waals surface area contributed by atoms with E-state index in [-0.39, 0.29) is 6.04 Å². The molecule has 2 aliphatic rings. The van der Waals surface area contributed by atoms with Gasteiger partial charge < -0.3 is 14.2 Å².